The number of H-pyrrole nitrogens is 1. The van der Waals surface area contributed by atoms with E-state index in [0.29, 0.717) is 16.3 Å². The van der Waals surface area contributed by atoms with Gasteiger partial charge in [0.1, 0.15) is 18.2 Å². The molecule has 4 heteroatoms. The average molecular weight is 276 g/mol. The number of halogens is 2. The summed E-state index contributed by atoms with van der Waals surface area (Å²) in [7, 11) is 0. The van der Waals surface area contributed by atoms with Crippen LogP contribution in [-0.4, -0.2) is 4.98 Å². The molecular formula is C15H11ClFNO. The van der Waals surface area contributed by atoms with Gasteiger partial charge < -0.3 is 9.72 Å². The van der Waals surface area contributed by atoms with E-state index in [1.807, 2.05) is 30.5 Å². The standard InChI is InChI=1S/C15H11ClFNO/c16-13-2-1-3-14(17)12(13)9-19-11-4-5-15-10(8-11)6-7-18-15/h1-8,18H,9H2. The molecule has 2 nitrogen and oxygen atoms in total. The molecule has 3 rings (SSSR count). The van der Waals surface area contributed by atoms with Crippen LogP contribution in [0.3, 0.4) is 0 Å². The molecule has 96 valence electrons. The smallest absolute Gasteiger partial charge is 0.131 e. The van der Waals surface area contributed by atoms with Crippen LogP contribution in [0.15, 0.2) is 48.7 Å². The molecule has 19 heavy (non-hydrogen) atoms. The second-order valence-corrected chi connectivity index (χ2v) is 4.62. The van der Waals surface area contributed by atoms with Crippen LogP contribution in [-0.2, 0) is 6.61 Å². The highest BCUT2D eigenvalue weighted by molar-refractivity contribution is 6.31. The summed E-state index contributed by atoms with van der Waals surface area (Å²) < 4.78 is 19.2. The van der Waals surface area contributed by atoms with Crippen molar-refractivity contribution in [3.8, 4) is 5.75 Å². The van der Waals surface area contributed by atoms with Crippen LogP contribution in [0, 0.1) is 5.82 Å². The van der Waals surface area contributed by atoms with Gasteiger partial charge in [0.25, 0.3) is 0 Å². The summed E-state index contributed by atoms with van der Waals surface area (Å²) in [4.78, 5) is 3.10. The highest BCUT2D eigenvalue weighted by atomic mass is 35.5. The number of ether oxygens (including phenoxy) is 1. The largest absolute Gasteiger partial charge is 0.489 e. The maximum Gasteiger partial charge on any atom is 0.131 e. The quantitative estimate of drug-likeness (QED) is 0.746. The molecule has 0 unspecified atom stereocenters. The molecule has 0 fully saturated rings. The van der Waals surface area contributed by atoms with E-state index < -0.39 is 0 Å². The molecule has 1 N–H and O–H groups in total. The van der Waals surface area contributed by atoms with Gasteiger partial charge in [-0.15, -0.1) is 0 Å². The van der Waals surface area contributed by atoms with Crippen molar-refractivity contribution in [2.75, 3.05) is 0 Å². The number of hydrogen-bond acceptors (Lipinski definition) is 1. The van der Waals surface area contributed by atoms with Crippen LogP contribution in [0.4, 0.5) is 4.39 Å². The van der Waals surface area contributed by atoms with E-state index in [1.54, 1.807) is 12.1 Å². The molecule has 0 aliphatic heterocycles. The van der Waals surface area contributed by atoms with Gasteiger partial charge in [0, 0.05) is 22.7 Å². The zero-order valence-corrected chi connectivity index (χ0v) is 10.7. The Morgan fingerprint density at radius 2 is 2.05 bits per heavy atom. The number of aromatic nitrogens is 1. The third-order valence-corrected chi connectivity index (χ3v) is 3.32. The van der Waals surface area contributed by atoms with E-state index in [9.17, 15) is 4.39 Å². The number of hydrogen-bond donors (Lipinski definition) is 1. The molecule has 3 aromatic rings. The topological polar surface area (TPSA) is 25.0 Å². The lowest BCUT2D eigenvalue weighted by Gasteiger charge is -2.08. The summed E-state index contributed by atoms with van der Waals surface area (Å²) in [6, 6.07) is 12.2. The lowest BCUT2D eigenvalue weighted by molar-refractivity contribution is 0.300. The molecule has 0 spiro atoms. The molecule has 0 bridgehead atoms. The Morgan fingerprint density at radius 3 is 2.89 bits per heavy atom. The van der Waals surface area contributed by atoms with E-state index in [0.717, 1.165) is 10.9 Å². The summed E-state index contributed by atoms with van der Waals surface area (Å²) in [6.07, 6.45) is 1.86. The Hall–Kier alpha value is -2.00. The number of benzene rings is 2. The van der Waals surface area contributed by atoms with Crippen molar-refractivity contribution < 1.29 is 9.13 Å². The Balaban J connectivity index is 1.82. The molecule has 2 aromatic carbocycles. The van der Waals surface area contributed by atoms with Gasteiger partial charge in [0.2, 0.25) is 0 Å². The Morgan fingerprint density at radius 1 is 1.16 bits per heavy atom. The number of aromatic amines is 1. The molecule has 0 radical (unpaired) electrons. The van der Waals surface area contributed by atoms with Crippen molar-refractivity contribution in [1.82, 2.24) is 4.98 Å². The molecule has 0 aliphatic rings. The van der Waals surface area contributed by atoms with Crippen LogP contribution >= 0.6 is 11.6 Å². The van der Waals surface area contributed by atoms with Crippen LogP contribution in [0.2, 0.25) is 5.02 Å². The van der Waals surface area contributed by atoms with Crippen LogP contribution in [0.1, 0.15) is 5.56 Å². The molecule has 0 saturated heterocycles. The zero-order chi connectivity index (χ0) is 13.2. The molecule has 0 amide bonds. The first-order valence-electron chi connectivity index (χ1n) is 5.87. The van der Waals surface area contributed by atoms with E-state index in [2.05, 4.69) is 4.98 Å². The van der Waals surface area contributed by atoms with Gasteiger partial charge in [0.05, 0.1) is 5.02 Å². The second-order valence-electron chi connectivity index (χ2n) is 4.22. The summed E-state index contributed by atoms with van der Waals surface area (Å²) in [5.41, 5.74) is 1.41. The normalized spacial score (nSPS) is 10.8. The zero-order valence-electron chi connectivity index (χ0n) is 9.99. The monoisotopic (exact) mass is 275 g/mol. The Bertz CT molecular complexity index is 703. The van der Waals surface area contributed by atoms with Gasteiger partial charge in [-0.05, 0) is 36.4 Å². The molecule has 0 saturated carbocycles. The SMILES string of the molecule is Fc1cccc(Cl)c1COc1ccc2[nH]ccc2c1. The average Bonchev–Trinajstić information content (AvgIpc) is 2.85. The maximum atomic E-state index is 13.6. The van der Waals surface area contributed by atoms with Crippen LogP contribution in [0.5, 0.6) is 5.75 Å². The van der Waals surface area contributed by atoms with Gasteiger partial charge in [-0.1, -0.05) is 17.7 Å². The van der Waals surface area contributed by atoms with E-state index in [1.165, 1.54) is 6.07 Å². The summed E-state index contributed by atoms with van der Waals surface area (Å²) >= 11 is 5.95. The minimum atomic E-state index is -0.352. The second kappa shape index (κ2) is 4.94. The number of fused-ring (bicyclic) bond motifs is 1. The van der Waals surface area contributed by atoms with Crippen molar-refractivity contribution in [2.45, 2.75) is 6.61 Å². The Labute approximate surface area is 114 Å². The van der Waals surface area contributed by atoms with Crippen molar-refractivity contribution in [1.29, 1.82) is 0 Å². The van der Waals surface area contributed by atoms with Crippen molar-refractivity contribution in [2.24, 2.45) is 0 Å². The van der Waals surface area contributed by atoms with E-state index in [4.69, 9.17) is 16.3 Å². The first-order valence-corrected chi connectivity index (χ1v) is 6.25. The third kappa shape index (κ3) is 2.42. The minimum Gasteiger partial charge on any atom is -0.489 e. The molecule has 1 aromatic heterocycles. The molecular weight excluding hydrogens is 265 g/mol. The highest BCUT2D eigenvalue weighted by Crippen LogP contribution is 2.23. The fraction of sp³-hybridized carbons (Fsp3) is 0.0667. The minimum absolute atomic E-state index is 0.113. The fourth-order valence-corrected chi connectivity index (χ4v) is 2.16. The number of nitrogens with one attached hydrogen (secondary N) is 1. The van der Waals surface area contributed by atoms with Crippen LogP contribution in [0.25, 0.3) is 10.9 Å². The Kier molecular flexibility index (Phi) is 3.13. The summed E-state index contributed by atoms with van der Waals surface area (Å²) in [5, 5.41) is 1.43. The fourth-order valence-electron chi connectivity index (χ4n) is 1.95. The number of rotatable bonds is 3. The molecule has 0 atom stereocenters. The summed E-state index contributed by atoms with van der Waals surface area (Å²) in [5.74, 6) is 0.335. The van der Waals surface area contributed by atoms with Gasteiger partial charge in [0.15, 0.2) is 0 Å². The molecule has 1 heterocycles. The lowest BCUT2D eigenvalue weighted by atomic mass is 10.2. The molecule has 0 aliphatic carbocycles. The maximum absolute atomic E-state index is 13.6. The first kappa shape index (κ1) is 12.1. The predicted octanol–water partition coefficient (Wildman–Crippen LogP) is 4.54. The van der Waals surface area contributed by atoms with Gasteiger partial charge >= 0.3 is 0 Å². The van der Waals surface area contributed by atoms with Crippen molar-refractivity contribution in [3.63, 3.8) is 0 Å². The third-order valence-electron chi connectivity index (χ3n) is 2.97. The predicted molar refractivity (Wildman–Crippen MR) is 74.0 cm³/mol. The van der Waals surface area contributed by atoms with Gasteiger partial charge in [-0.3, -0.25) is 0 Å². The summed E-state index contributed by atoms with van der Waals surface area (Å²) in [6.45, 7) is 0.113. The van der Waals surface area contributed by atoms with Crippen LogP contribution < -0.4 is 4.74 Å². The van der Waals surface area contributed by atoms with Crippen molar-refractivity contribution in [3.05, 3.63) is 65.1 Å². The van der Waals surface area contributed by atoms with Gasteiger partial charge in [-0.25, -0.2) is 4.39 Å². The van der Waals surface area contributed by atoms with Gasteiger partial charge in [-0.2, -0.15) is 0 Å². The van der Waals surface area contributed by atoms with E-state index in [-0.39, 0.29) is 12.4 Å². The van der Waals surface area contributed by atoms with Crippen molar-refractivity contribution >= 4 is 22.5 Å². The lowest BCUT2D eigenvalue weighted by Crippen LogP contribution is -1.99. The first-order chi connectivity index (χ1) is 9.24. The highest BCUT2D eigenvalue weighted by Gasteiger charge is 2.07. The van der Waals surface area contributed by atoms with E-state index >= 15 is 0 Å².